The number of nitrogens with one attached hydrogen (secondary N) is 2. The normalized spacial score (nSPS) is 9.55. The number of aryl methyl sites for hydroxylation is 1. The van der Waals surface area contributed by atoms with Crippen molar-refractivity contribution in [3.05, 3.63) is 28.8 Å². The second kappa shape index (κ2) is 9.58. The largest absolute Gasteiger partial charge is 0.347 e. The minimum atomic E-state index is -0.313. The molecule has 0 heterocycles. The SMILES string of the molecule is Cc1ccc(NC(=O)CNC(=O)CCCN)c(Cl)c1.Cl. The Morgan fingerprint density at radius 3 is 2.60 bits per heavy atom. The number of benzene rings is 1. The Bertz CT molecular complexity index is 467. The van der Waals surface area contributed by atoms with Gasteiger partial charge in [-0.1, -0.05) is 17.7 Å². The van der Waals surface area contributed by atoms with Crippen LogP contribution in [-0.2, 0) is 9.59 Å². The first kappa shape index (κ1) is 18.7. The first-order valence-electron chi connectivity index (χ1n) is 6.05. The molecule has 0 unspecified atom stereocenters. The molecule has 0 saturated heterocycles. The summed E-state index contributed by atoms with van der Waals surface area (Å²) in [7, 11) is 0. The van der Waals surface area contributed by atoms with Gasteiger partial charge in [-0.15, -0.1) is 12.4 Å². The van der Waals surface area contributed by atoms with E-state index in [2.05, 4.69) is 10.6 Å². The van der Waals surface area contributed by atoms with Crippen molar-refractivity contribution in [2.45, 2.75) is 19.8 Å². The van der Waals surface area contributed by atoms with E-state index < -0.39 is 0 Å². The second-order valence-corrected chi connectivity index (χ2v) is 4.61. The molecule has 0 aliphatic heterocycles. The number of carbonyl (C=O) groups is 2. The molecule has 7 heteroatoms. The van der Waals surface area contributed by atoms with Gasteiger partial charge in [0.25, 0.3) is 0 Å². The van der Waals surface area contributed by atoms with Crippen molar-refractivity contribution in [2.24, 2.45) is 5.73 Å². The third-order valence-electron chi connectivity index (χ3n) is 2.45. The molecule has 1 rings (SSSR count). The molecule has 0 saturated carbocycles. The third kappa shape index (κ3) is 6.75. The molecule has 0 atom stereocenters. The summed E-state index contributed by atoms with van der Waals surface area (Å²) >= 11 is 5.99. The van der Waals surface area contributed by atoms with E-state index in [9.17, 15) is 9.59 Å². The first-order chi connectivity index (χ1) is 9.02. The predicted molar refractivity (Wildman–Crippen MR) is 83.4 cm³/mol. The van der Waals surface area contributed by atoms with E-state index in [1.54, 1.807) is 12.1 Å². The zero-order valence-electron chi connectivity index (χ0n) is 11.2. The Labute approximate surface area is 129 Å². The number of nitrogens with two attached hydrogens (primary N) is 1. The molecule has 2 amide bonds. The molecule has 20 heavy (non-hydrogen) atoms. The maximum atomic E-state index is 11.6. The van der Waals surface area contributed by atoms with Crippen LogP contribution in [-0.4, -0.2) is 24.9 Å². The van der Waals surface area contributed by atoms with Gasteiger partial charge in [-0.25, -0.2) is 0 Å². The van der Waals surface area contributed by atoms with Crippen LogP contribution in [0.5, 0.6) is 0 Å². The average molecular weight is 320 g/mol. The maximum Gasteiger partial charge on any atom is 0.243 e. The molecule has 0 aliphatic carbocycles. The molecular formula is C13H19Cl2N3O2. The number of hydrogen-bond donors (Lipinski definition) is 3. The summed E-state index contributed by atoms with van der Waals surface area (Å²) in [4.78, 5) is 22.9. The van der Waals surface area contributed by atoms with Crippen LogP contribution in [0.1, 0.15) is 18.4 Å². The van der Waals surface area contributed by atoms with Crippen molar-refractivity contribution in [3.8, 4) is 0 Å². The smallest absolute Gasteiger partial charge is 0.243 e. The Hall–Kier alpha value is -1.30. The summed E-state index contributed by atoms with van der Waals surface area (Å²) in [6, 6.07) is 5.34. The number of anilines is 1. The Balaban J connectivity index is 0.00000361. The highest BCUT2D eigenvalue weighted by Gasteiger charge is 2.07. The Morgan fingerprint density at radius 1 is 1.30 bits per heavy atom. The summed E-state index contributed by atoms with van der Waals surface area (Å²) in [5.74, 6) is -0.498. The Morgan fingerprint density at radius 2 is 2.00 bits per heavy atom. The van der Waals surface area contributed by atoms with Gasteiger partial charge in [-0.3, -0.25) is 9.59 Å². The molecule has 4 N–H and O–H groups in total. The average Bonchev–Trinajstić information content (AvgIpc) is 2.37. The van der Waals surface area contributed by atoms with E-state index in [0.29, 0.717) is 30.1 Å². The topological polar surface area (TPSA) is 84.2 Å². The third-order valence-corrected chi connectivity index (χ3v) is 2.77. The first-order valence-corrected chi connectivity index (χ1v) is 6.43. The van der Waals surface area contributed by atoms with E-state index in [0.717, 1.165) is 5.56 Å². The van der Waals surface area contributed by atoms with Crippen LogP contribution < -0.4 is 16.4 Å². The molecule has 112 valence electrons. The lowest BCUT2D eigenvalue weighted by Crippen LogP contribution is -2.33. The molecule has 1 aromatic carbocycles. The lowest BCUT2D eigenvalue weighted by Gasteiger charge is -2.08. The molecule has 0 radical (unpaired) electrons. The summed E-state index contributed by atoms with van der Waals surface area (Å²) in [6.45, 7) is 2.29. The van der Waals surface area contributed by atoms with Gasteiger partial charge < -0.3 is 16.4 Å². The van der Waals surface area contributed by atoms with Gasteiger partial charge in [0, 0.05) is 6.42 Å². The molecule has 0 aromatic heterocycles. The summed E-state index contributed by atoms with van der Waals surface area (Å²) in [5, 5.41) is 5.63. The lowest BCUT2D eigenvalue weighted by molar-refractivity contribution is -0.124. The van der Waals surface area contributed by atoms with Crippen molar-refractivity contribution in [1.82, 2.24) is 5.32 Å². The van der Waals surface area contributed by atoms with E-state index >= 15 is 0 Å². The number of hydrogen-bond acceptors (Lipinski definition) is 3. The van der Waals surface area contributed by atoms with Gasteiger partial charge in [0.1, 0.15) is 0 Å². The molecule has 0 spiro atoms. The van der Waals surface area contributed by atoms with Crippen LogP contribution in [0.25, 0.3) is 0 Å². The molecule has 1 aromatic rings. The van der Waals surface area contributed by atoms with Gasteiger partial charge in [0.05, 0.1) is 17.3 Å². The van der Waals surface area contributed by atoms with E-state index in [4.69, 9.17) is 17.3 Å². The van der Waals surface area contributed by atoms with Crippen molar-refractivity contribution in [1.29, 1.82) is 0 Å². The highest BCUT2D eigenvalue weighted by molar-refractivity contribution is 6.33. The standard InChI is InChI=1S/C13H18ClN3O2.ClH/c1-9-4-5-11(10(14)7-9)17-13(19)8-16-12(18)3-2-6-15;/h4-5,7H,2-3,6,8,15H2,1H3,(H,16,18)(H,17,19);1H. The fourth-order valence-corrected chi connectivity index (χ4v) is 1.73. The van der Waals surface area contributed by atoms with Crippen LogP contribution in [0.4, 0.5) is 5.69 Å². The number of amides is 2. The monoisotopic (exact) mass is 319 g/mol. The van der Waals surface area contributed by atoms with Gasteiger partial charge in [-0.2, -0.15) is 0 Å². The lowest BCUT2D eigenvalue weighted by atomic mass is 10.2. The minimum Gasteiger partial charge on any atom is -0.347 e. The number of rotatable bonds is 6. The van der Waals surface area contributed by atoms with Crippen LogP contribution in [0.2, 0.25) is 5.02 Å². The van der Waals surface area contributed by atoms with E-state index in [1.807, 2.05) is 13.0 Å². The van der Waals surface area contributed by atoms with Crippen molar-refractivity contribution in [2.75, 3.05) is 18.4 Å². The van der Waals surface area contributed by atoms with Crippen LogP contribution >= 0.6 is 24.0 Å². The van der Waals surface area contributed by atoms with Gasteiger partial charge in [-0.05, 0) is 37.6 Å². The van der Waals surface area contributed by atoms with Crippen molar-refractivity contribution < 1.29 is 9.59 Å². The molecule has 0 bridgehead atoms. The van der Waals surface area contributed by atoms with Crippen LogP contribution in [0.15, 0.2) is 18.2 Å². The minimum absolute atomic E-state index is 0. The zero-order chi connectivity index (χ0) is 14.3. The van der Waals surface area contributed by atoms with Crippen molar-refractivity contribution in [3.63, 3.8) is 0 Å². The van der Waals surface area contributed by atoms with E-state index in [1.165, 1.54) is 0 Å². The fourth-order valence-electron chi connectivity index (χ4n) is 1.45. The van der Waals surface area contributed by atoms with Gasteiger partial charge in [0.15, 0.2) is 0 Å². The predicted octanol–water partition coefficient (Wildman–Crippen LogP) is 1.86. The molecular weight excluding hydrogens is 301 g/mol. The Kier molecular flexibility index (Phi) is 8.96. The quantitative estimate of drug-likeness (QED) is 0.748. The van der Waals surface area contributed by atoms with Gasteiger partial charge >= 0.3 is 0 Å². The van der Waals surface area contributed by atoms with Crippen LogP contribution in [0.3, 0.4) is 0 Å². The summed E-state index contributed by atoms with van der Waals surface area (Å²) < 4.78 is 0. The van der Waals surface area contributed by atoms with Crippen molar-refractivity contribution >= 4 is 41.5 Å². The highest BCUT2D eigenvalue weighted by Crippen LogP contribution is 2.22. The number of halogens is 2. The highest BCUT2D eigenvalue weighted by atomic mass is 35.5. The molecule has 0 fully saturated rings. The fraction of sp³-hybridized carbons (Fsp3) is 0.385. The molecule has 0 aliphatic rings. The van der Waals surface area contributed by atoms with E-state index in [-0.39, 0.29) is 30.8 Å². The van der Waals surface area contributed by atoms with Gasteiger partial charge in [0.2, 0.25) is 11.8 Å². The maximum absolute atomic E-state index is 11.6. The zero-order valence-corrected chi connectivity index (χ0v) is 12.8. The summed E-state index contributed by atoms with van der Waals surface area (Å²) in [6.07, 6.45) is 0.937. The second-order valence-electron chi connectivity index (χ2n) is 4.20. The summed E-state index contributed by atoms with van der Waals surface area (Å²) in [5.41, 5.74) is 6.84. The van der Waals surface area contributed by atoms with Crippen LogP contribution in [0, 0.1) is 6.92 Å². The number of carbonyl (C=O) groups excluding carboxylic acids is 2. The molecule has 5 nitrogen and oxygen atoms in total.